The molecule has 0 fully saturated rings. The van der Waals surface area contributed by atoms with Crippen LogP contribution in [0.1, 0.15) is 13.8 Å². The Kier molecular flexibility index (Phi) is 3.31. The maximum atomic E-state index is 5.71. The SMILES string of the molecule is CC(C)CNc1ncnc(Cl)c1N. The molecular weight excluding hydrogens is 188 g/mol. The molecule has 72 valence electrons. The van der Waals surface area contributed by atoms with E-state index in [1.54, 1.807) is 0 Å². The molecule has 5 heteroatoms. The molecule has 0 unspecified atom stereocenters. The maximum absolute atomic E-state index is 5.71. The zero-order valence-corrected chi connectivity index (χ0v) is 8.47. The Bertz CT molecular complexity index is 287. The highest BCUT2D eigenvalue weighted by molar-refractivity contribution is 6.32. The van der Waals surface area contributed by atoms with Gasteiger partial charge in [0, 0.05) is 6.54 Å². The van der Waals surface area contributed by atoms with E-state index in [0.29, 0.717) is 22.6 Å². The molecule has 13 heavy (non-hydrogen) atoms. The molecule has 1 rings (SSSR count). The fraction of sp³-hybridized carbons (Fsp3) is 0.500. The van der Waals surface area contributed by atoms with E-state index in [1.807, 2.05) is 0 Å². The summed E-state index contributed by atoms with van der Waals surface area (Å²) in [7, 11) is 0. The fourth-order valence-corrected chi connectivity index (χ4v) is 0.949. The van der Waals surface area contributed by atoms with Crippen molar-refractivity contribution in [2.45, 2.75) is 13.8 Å². The first-order valence-corrected chi connectivity index (χ1v) is 4.49. The third kappa shape index (κ3) is 2.73. The number of nitrogens with two attached hydrogens (primary N) is 1. The first-order chi connectivity index (χ1) is 6.11. The zero-order chi connectivity index (χ0) is 9.84. The van der Waals surface area contributed by atoms with Crippen molar-refractivity contribution >= 4 is 23.1 Å². The van der Waals surface area contributed by atoms with Crippen molar-refractivity contribution in [3.63, 3.8) is 0 Å². The quantitative estimate of drug-likeness (QED) is 0.731. The summed E-state index contributed by atoms with van der Waals surface area (Å²) in [5.41, 5.74) is 6.06. The van der Waals surface area contributed by atoms with Gasteiger partial charge in [0.15, 0.2) is 11.0 Å². The number of aromatic nitrogens is 2. The lowest BCUT2D eigenvalue weighted by atomic mass is 10.2. The Morgan fingerprint density at radius 2 is 2.23 bits per heavy atom. The average molecular weight is 201 g/mol. The maximum Gasteiger partial charge on any atom is 0.157 e. The van der Waals surface area contributed by atoms with Crippen molar-refractivity contribution in [3.05, 3.63) is 11.5 Å². The van der Waals surface area contributed by atoms with Crippen LogP contribution in [0, 0.1) is 5.92 Å². The Morgan fingerprint density at radius 3 is 2.85 bits per heavy atom. The van der Waals surface area contributed by atoms with Crippen LogP contribution in [0.5, 0.6) is 0 Å². The van der Waals surface area contributed by atoms with Gasteiger partial charge in [-0.25, -0.2) is 9.97 Å². The van der Waals surface area contributed by atoms with E-state index in [4.69, 9.17) is 17.3 Å². The number of hydrogen-bond donors (Lipinski definition) is 2. The summed E-state index contributed by atoms with van der Waals surface area (Å²) in [6.07, 6.45) is 1.39. The number of anilines is 2. The van der Waals surface area contributed by atoms with E-state index in [9.17, 15) is 0 Å². The lowest BCUT2D eigenvalue weighted by Crippen LogP contribution is -2.11. The topological polar surface area (TPSA) is 63.8 Å². The van der Waals surface area contributed by atoms with Gasteiger partial charge in [-0.2, -0.15) is 0 Å². The summed E-state index contributed by atoms with van der Waals surface area (Å²) >= 11 is 5.71. The van der Waals surface area contributed by atoms with E-state index in [0.717, 1.165) is 6.54 Å². The second-order valence-corrected chi connectivity index (χ2v) is 3.56. The zero-order valence-electron chi connectivity index (χ0n) is 7.71. The molecule has 0 amide bonds. The van der Waals surface area contributed by atoms with Crippen LogP contribution in [0.15, 0.2) is 6.33 Å². The molecule has 1 aromatic heterocycles. The summed E-state index contributed by atoms with van der Waals surface area (Å²) < 4.78 is 0. The van der Waals surface area contributed by atoms with E-state index in [1.165, 1.54) is 6.33 Å². The van der Waals surface area contributed by atoms with Gasteiger partial charge < -0.3 is 11.1 Å². The smallest absolute Gasteiger partial charge is 0.157 e. The summed E-state index contributed by atoms with van der Waals surface area (Å²) in [5, 5.41) is 3.39. The van der Waals surface area contributed by atoms with Crippen LogP contribution in [-0.2, 0) is 0 Å². The van der Waals surface area contributed by atoms with Crippen LogP contribution >= 0.6 is 11.6 Å². The van der Waals surface area contributed by atoms with Crippen LogP contribution in [0.3, 0.4) is 0 Å². The normalized spacial score (nSPS) is 10.5. The van der Waals surface area contributed by atoms with Crippen molar-refractivity contribution < 1.29 is 0 Å². The molecule has 0 bridgehead atoms. The standard InChI is InChI=1S/C8H13ClN4/c1-5(2)3-11-8-6(10)7(9)12-4-13-8/h4-5H,3,10H2,1-2H3,(H,11,12,13). The van der Waals surface area contributed by atoms with Gasteiger partial charge >= 0.3 is 0 Å². The second kappa shape index (κ2) is 4.28. The van der Waals surface area contributed by atoms with Gasteiger partial charge in [-0.3, -0.25) is 0 Å². The Labute approximate surface area is 82.5 Å². The van der Waals surface area contributed by atoms with E-state index >= 15 is 0 Å². The lowest BCUT2D eigenvalue weighted by molar-refractivity contribution is 0.687. The molecule has 0 atom stereocenters. The number of halogens is 1. The molecule has 1 aromatic rings. The fourth-order valence-electron chi connectivity index (χ4n) is 0.816. The van der Waals surface area contributed by atoms with Crippen LogP contribution in [-0.4, -0.2) is 16.5 Å². The molecule has 3 N–H and O–H groups in total. The molecule has 0 radical (unpaired) electrons. The average Bonchev–Trinajstić information content (AvgIpc) is 2.07. The highest BCUT2D eigenvalue weighted by atomic mass is 35.5. The van der Waals surface area contributed by atoms with Gasteiger partial charge in [0.2, 0.25) is 0 Å². The van der Waals surface area contributed by atoms with Crippen LogP contribution < -0.4 is 11.1 Å². The van der Waals surface area contributed by atoms with E-state index < -0.39 is 0 Å². The van der Waals surface area contributed by atoms with Crippen LogP contribution in [0.2, 0.25) is 5.15 Å². The van der Waals surface area contributed by atoms with Gasteiger partial charge in [-0.1, -0.05) is 25.4 Å². The van der Waals surface area contributed by atoms with Crippen molar-refractivity contribution in [1.29, 1.82) is 0 Å². The Hall–Kier alpha value is -1.03. The minimum Gasteiger partial charge on any atom is -0.393 e. The minimum absolute atomic E-state index is 0.293. The minimum atomic E-state index is 0.293. The Morgan fingerprint density at radius 1 is 1.54 bits per heavy atom. The molecule has 0 aliphatic rings. The number of nitrogens with one attached hydrogen (secondary N) is 1. The second-order valence-electron chi connectivity index (χ2n) is 3.20. The predicted molar refractivity (Wildman–Crippen MR) is 54.8 cm³/mol. The third-order valence-electron chi connectivity index (χ3n) is 1.51. The van der Waals surface area contributed by atoms with Crippen molar-refractivity contribution in [3.8, 4) is 0 Å². The largest absolute Gasteiger partial charge is 0.393 e. The molecule has 0 spiro atoms. The molecule has 0 aromatic carbocycles. The third-order valence-corrected chi connectivity index (χ3v) is 1.81. The van der Waals surface area contributed by atoms with Crippen LogP contribution in [0.25, 0.3) is 0 Å². The van der Waals surface area contributed by atoms with Gasteiger partial charge in [0.25, 0.3) is 0 Å². The number of rotatable bonds is 3. The van der Waals surface area contributed by atoms with Gasteiger partial charge in [0.1, 0.15) is 12.0 Å². The van der Waals surface area contributed by atoms with Crippen molar-refractivity contribution in [1.82, 2.24) is 9.97 Å². The number of hydrogen-bond acceptors (Lipinski definition) is 4. The first kappa shape index (κ1) is 10.1. The predicted octanol–water partition coefficient (Wildman–Crippen LogP) is 1.78. The highest BCUT2D eigenvalue weighted by Crippen LogP contribution is 2.21. The number of nitrogen functional groups attached to an aromatic ring is 1. The lowest BCUT2D eigenvalue weighted by Gasteiger charge is -2.09. The first-order valence-electron chi connectivity index (χ1n) is 4.11. The van der Waals surface area contributed by atoms with Crippen molar-refractivity contribution in [2.75, 3.05) is 17.6 Å². The molecule has 0 saturated heterocycles. The van der Waals surface area contributed by atoms with E-state index in [2.05, 4.69) is 29.1 Å². The van der Waals surface area contributed by atoms with Gasteiger partial charge in [-0.05, 0) is 5.92 Å². The molecule has 0 saturated carbocycles. The molecule has 0 aliphatic carbocycles. The van der Waals surface area contributed by atoms with Crippen LogP contribution in [0.4, 0.5) is 11.5 Å². The van der Waals surface area contributed by atoms with Crippen molar-refractivity contribution in [2.24, 2.45) is 5.92 Å². The van der Waals surface area contributed by atoms with Gasteiger partial charge in [-0.15, -0.1) is 0 Å². The highest BCUT2D eigenvalue weighted by Gasteiger charge is 2.05. The summed E-state index contributed by atoms with van der Waals surface area (Å²) in [4.78, 5) is 7.74. The Balaban J connectivity index is 2.71. The summed E-state index contributed by atoms with van der Waals surface area (Å²) in [5.74, 6) is 1.14. The van der Waals surface area contributed by atoms with E-state index in [-0.39, 0.29) is 0 Å². The van der Waals surface area contributed by atoms with Gasteiger partial charge in [0.05, 0.1) is 0 Å². The summed E-state index contributed by atoms with van der Waals surface area (Å²) in [6, 6.07) is 0. The number of nitrogens with zero attached hydrogens (tertiary/aromatic N) is 2. The molecule has 1 heterocycles. The molecule has 0 aliphatic heterocycles. The summed E-state index contributed by atoms with van der Waals surface area (Å²) in [6.45, 7) is 5.02. The molecule has 4 nitrogen and oxygen atoms in total. The molecular formula is C8H13ClN4. The monoisotopic (exact) mass is 200 g/mol.